The van der Waals surface area contributed by atoms with E-state index < -0.39 is 5.41 Å². The van der Waals surface area contributed by atoms with Gasteiger partial charge in [-0.05, 0) is 47.3 Å². The van der Waals surface area contributed by atoms with Gasteiger partial charge in [0.15, 0.2) is 0 Å². The third kappa shape index (κ3) is 5.04. The highest BCUT2D eigenvalue weighted by Gasteiger charge is 2.32. The summed E-state index contributed by atoms with van der Waals surface area (Å²) in [5.41, 5.74) is 5.34. The number of carbonyl (C=O) groups excluding carboxylic acids is 1. The van der Waals surface area contributed by atoms with Crippen molar-refractivity contribution in [2.45, 2.75) is 33.6 Å². The van der Waals surface area contributed by atoms with Gasteiger partial charge in [-0.2, -0.15) is 0 Å². The molecule has 2 N–H and O–H groups in total. The molecular formula is C13H29N3O. The summed E-state index contributed by atoms with van der Waals surface area (Å²) >= 11 is 0. The summed E-state index contributed by atoms with van der Waals surface area (Å²) in [4.78, 5) is 16.4. The monoisotopic (exact) mass is 243 g/mol. The molecule has 0 aromatic heterocycles. The van der Waals surface area contributed by atoms with E-state index in [9.17, 15) is 4.79 Å². The van der Waals surface area contributed by atoms with Gasteiger partial charge in [0, 0.05) is 19.6 Å². The van der Waals surface area contributed by atoms with Crippen molar-refractivity contribution < 1.29 is 4.79 Å². The SMILES string of the molecule is CCN(CCCN(C)C)C(=O)C(C)(CC)CN. The summed E-state index contributed by atoms with van der Waals surface area (Å²) < 4.78 is 0. The summed E-state index contributed by atoms with van der Waals surface area (Å²) in [6, 6.07) is 0. The van der Waals surface area contributed by atoms with Gasteiger partial charge in [-0.1, -0.05) is 6.92 Å². The Bertz CT molecular complexity index is 225. The Labute approximate surface area is 106 Å². The van der Waals surface area contributed by atoms with Crippen molar-refractivity contribution >= 4 is 5.91 Å². The van der Waals surface area contributed by atoms with Crippen LogP contribution in [0.4, 0.5) is 0 Å². The first-order chi connectivity index (χ1) is 7.91. The zero-order valence-corrected chi connectivity index (χ0v) is 12.1. The van der Waals surface area contributed by atoms with Crippen molar-refractivity contribution in [1.29, 1.82) is 0 Å². The normalized spacial score (nSPS) is 14.8. The molecular weight excluding hydrogens is 214 g/mol. The first-order valence-corrected chi connectivity index (χ1v) is 6.55. The van der Waals surface area contributed by atoms with Gasteiger partial charge in [-0.15, -0.1) is 0 Å². The van der Waals surface area contributed by atoms with E-state index in [4.69, 9.17) is 5.73 Å². The van der Waals surface area contributed by atoms with Crippen LogP contribution in [0.5, 0.6) is 0 Å². The maximum atomic E-state index is 12.4. The van der Waals surface area contributed by atoms with E-state index >= 15 is 0 Å². The lowest BCUT2D eigenvalue weighted by atomic mass is 9.86. The van der Waals surface area contributed by atoms with E-state index in [1.165, 1.54) is 0 Å². The Morgan fingerprint density at radius 2 is 1.82 bits per heavy atom. The van der Waals surface area contributed by atoms with E-state index in [1.807, 2.05) is 39.8 Å². The molecule has 0 bridgehead atoms. The van der Waals surface area contributed by atoms with E-state index in [2.05, 4.69) is 4.90 Å². The number of carbonyl (C=O) groups is 1. The zero-order valence-electron chi connectivity index (χ0n) is 12.1. The van der Waals surface area contributed by atoms with Crippen molar-refractivity contribution in [3.8, 4) is 0 Å². The molecule has 0 fully saturated rings. The molecule has 1 unspecified atom stereocenters. The predicted octanol–water partition coefficient (Wildman–Crippen LogP) is 1.16. The Hall–Kier alpha value is -0.610. The summed E-state index contributed by atoms with van der Waals surface area (Å²) in [5.74, 6) is 0.198. The molecule has 0 spiro atoms. The molecule has 102 valence electrons. The minimum absolute atomic E-state index is 0.198. The van der Waals surface area contributed by atoms with Crippen LogP contribution in [0, 0.1) is 5.41 Å². The number of amides is 1. The number of rotatable bonds is 8. The van der Waals surface area contributed by atoms with Crippen molar-refractivity contribution in [2.75, 3.05) is 40.3 Å². The molecule has 0 aromatic rings. The lowest BCUT2D eigenvalue weighted by Gasteiger charge is -2.32. The van der Waals surface area contributed by atoms with Gasteiger partial charge in [-0.25, -0.2) is 0 Å². The fraction of sp³-hybridized carbons (Fsp3) is 0.923. The largest absolute Gasteiger partial charge is 0.342 e. The van der Waals surface area contributed by atoms with Crippen LogP contribution in [0.2, 0.25) is 0 Å². The highest BCUT2D eigenvalue weighted by molar-refractivity contribution is 5.82. The highest BCUT2D eigenvalue weighted by atomic mass is 16.2. The van der Waals surface area contributed by atoms with Crippen LogP contribution in [-0.4, -0.2) is 56.0 Å². The van der Waals surface area contributed by atoms with E-state index in [-0.39, 0.29) is 5.91 Å². The van der Waals surface area contributed by atoms with Crippen molar-refractivity contribution in [1.82, 2.24) is 9.80 Å². The molecule has 17 heavy (non-hydrogen) atoms. The molecule has 0 saturated heterocycles. The number of hydrogen-bond acceptors (Lipinski definition) is 3. The summed E-state index contributed by atoms with van der Waals surface area (Å²) in [5, 5.41) is 0. The van der Waals surface area contributed by atoms with Crippen LogP contribution in [-0.2, 0) is 4.79 Å². The lowest BCUT2D eigenvalue weighted by Crippen LogP contribution is -2.46. The van der Waals surface area contributed by atoms with Crippen LogP contribution in [0.25, 0.3) is 0 Å². The summed E-state index contributed by atoms with van der Waals surface area (Å²) in [7, 11) is 4.10. The minimum atomic E-state index is -0.395. The lowest BCUT2D eigenvalue weighted by molar-refractivity contribution is -0.140. The Morgan fingerprint density at radius 3 is 2.18 bits per heavy atom. The van der Waals surface area contributed by atoms with E-state index in [1.54, 1.807) is 0 Å². The second-order valence-corrected chi connectivity index (χ2v) is 5.16. The van der Waals surface area contributed by atoms with Crippen LogP contribution < -0.4 is 5.73 Å². The molecule has 0 rings (SSSR count). The number of hydrogen-bond donors (Lipinski definition) is 1. The molecule has 0 aliphatic rings. The molecule has 0 aliphatic carbocycles. The molecule has 4 nitrogen and oxygen atoms in total. The molecule has 0 aliphatic heterocycles. The summed E-state index contributed by atoms with van der Waals surface area (Å²) in [6.07, 6.45) is 1.81. The third-order valence-corrected chi connectivity index (χ3v) is 3.45. The van der Waals surface area contributed by atoms with Crippen LogP contribution in [0.15, 0.2) is 0 Å². The third-order valence-electron chi connectivity index (χ3n) is 3.45. The van der Waals surface area contributed by atoms with Crippen LogP contribution in [0.3, 0.4) is 0 Å². The van der Waals surface area contributed by atoms with Crippen molar-refractivity contribution in [2.24, 2.45) is 11.1 Å². The molecule has 4 heteroatoms. The standard InChI is InChI=1S/C13H29N3O/c1-6-13(3,11-14)12(17)16(7-2)10-8-9-15(4)5/h6-11,14H2,1-5H3. The summed E-state index contributed by atoms with van der Waals surface area (Å²) in [6.45, 7) is 9.04. The fourth-order valence-corrected chi connectivity index (χ4v) is 1.75. The maximum Gasteiger partial charge on any atom is 0.229 e. The highest BCUT2D eigenvalue weighted by Crippen LogP contribution is 2.22. The minimum Gasteiger partial charge on any atom is -0.342 e. The zero-order chi connectivity index (χ0) is 13.5. The van der Waals surface area contributed by atoms with Gasteiger partial charge in [-0.3, -0.25) is 4.79 Å². The van der Waals surface area contributed by atoms with Crippen LogP contribution in [0.1, 0.15) is 33.6 Å². The molecule has 0 aromatic carbocycles. The Balaban J connectivity index is 4.39. The van der Waals surface area contributed by atoms with Gasteiger partial charge < -0.3 is 15.5 Å². The van der Waals surface area contributed by atoms with E-state index in [0.717, 1.165) is 32.5 Å². The van der Waals surface area contributed by atoms with Gasteiger partial charge in [0.05, 0.1) is 5.41 Å². The second-order valence-electron chi connectivity index (χ2n) is 5.16. The second kappa shape index (κ2) is 7.67. The first-order valence-electron chi connectivity index (χ1n) is 6.55. The fourth-order valence-electron chi connectivity index (χ4n) is 1.75. The van der Waals surface area contributed by atoms with Crippen molar-refractivity contribution in [3.63, 3.8) is 0 Å². The molecule has 0 saturated carbocycles. The van der Waals surface area contributed by atoms with E-state index in [0.29, 0.717) is 6.54 Å². The van der Waals surface area contributed by atoms with Gasteiger partial charge in [0.2, 0.25) is 5.91 Å². The average Bonchev–Trinajstić information content (AvgIpc) is 2.32. The Morgan fingerprint density at radius 1 is 1.24 bits per heavy atom. The van der Waals surface area contributed by atoms with Gasteiger partial charge in [0.25, 0.3) is 0 Å². The first kappa shape index (κ1) is 16.4. The Kier molecular flexibility index (Phi) is 7.39. The predicted molar refractivity (Wildman–Crippen MR) is 72.9 cm³/mol. The number of nitrogens with two attached hydrogens (primary N) is 1. The maximum absolute atomic E-state index is 12.4. The average molecular weight is 243 g/mol. The molecule has 0 heterocycles. The molecule has 0 radical (unpaired) electrons. The van der Waals surface area contributed by atoms with Crippen molar-refractivity contribution in [3.05, 3.63) is 0 Å². The topological polar surface area (TPSA) is 49.6 Å². The van der Waals surface area contributed by atoms with Crippen LogP contribution >= 0.6 is 0 Å². The smallest absolute Gasteiger partial charge is 0.229 e. The number of nitrogens with zero attached hydrogens (tertiary/aromatic N) is 2. The molecule has 1 atom stereocenters. The molecule has 1 amide bonds. The van der Waals surface area contributed by atoms with Gasteiger partial charge >= 0.3 is 0 Å². The van der Waals surface area contributed by atoms with Gasteiger partial charge in [0.1, 0.15) is 0 Å². The quantitative estimate of drug-likeness (QED) is 0.696.